The van der Waals surface area contributed by atoms with Crippen molar-refractivity contribution in [1.82, 2.24) is 15.1 Å². The van der Waals surface area contributed by atoms with Crippen LogP contribution in [0.15, 0.2) is 30.5 Å². The number of carbonyl (C=O) groups excluding carboxylic acids is 1. The van der Waals surface area contributed by atoms with Gasteiger partial charge in [-0.2, -0.15) is 5.10 Å². The largest absolute Gasteiger partial charge is 0.497 e. The fourth-order valence-electron chi connectivity index (χ4n) is 1.92. The molecule has 0 saturated heterocycles. The molecule has 0 aliphatic carbocycles. The van der Waals surface area contributed by atoms with Crippen LogP contribution in [0.1, 0.15) is 22.5 Å². The summed E-state index contributed by atoms with van der Waals surface area (Å²) in [4.78, 5) is 12.0. The minimum atomic E-state index is -0.108. The number of rotatable bonds is 6. The molecule has 1 N–H and O–H groups in total. The highest BCUT2D eigenvalue weighted by Crippen LogP contribution is 2.13. The normalized spacial score (nSPS) is 10.4. The summed E-state index contributed by atoms with van der Waals surface area (Å²) in [7, 11) is 1.58. The molecule has 0 radical (unpaired) electrons. The van der Waals surface area contributed by atoms with E-state index in [9.17, 15) is 4.79 Å². The molecule has 1 aromatic heterocycles. The van der Waals surface area contributed by atoms with Crippen LogP contribution in [0.25, 0.3) is 0 Å². The second-order valence-electron chi connectivity index (χ2n) is 4.67. The highest BCUT2D eigenvalue weighted by molar-refractivity contribution is 6.31. The van der Waals surface area contributed by atoms with Gasteiger partial charge in [0.05, 0.1) is 17.8 Å². The Bertz CT molecular complexity index is 606. The Morgan fingerprint density at radius 2 is 2.29 bits per heavy atom. The smallest absolute Gasteiger partial charge is 0.251 e. The molecule has 0 aliphatic heterocycles. The van der Waals surface area contributed by atoms with Crippen LogP contribution in [0.4, 0.5) is 0 Å². The Kier molecular flexibility index (Phi) is 5.22. The SMILES string of the molecule is COc1cccc(C(=O)NCCCn2cc(Cl)c(C)n2)c1. The van der Waals surface area contributed by atoms with Gasteiger partial charge in [0.1, 0.15) is 5.75 Å². The second-order valence-corrected chi connectivity index (χ2v) is 5.07. The lowest BCUT2D eigenvalue weighted by Crippen LogP contribution is -2.25. The van der Waals surface area contributed by atoms with E-state index in [1.165, 1.54) is 0 Å². The van der Waals surface area contributed by atoms with Gasteiger partial charge in [-0.05, 0) is 31.5 Å². The molecule has 2 rings (SSSR count). The number of halogens is 1. The van der Waals surface area contributed by atoms with Crippen LogP contribution >= 0.6 is 11.6 Å². The highest BCUT2D eigenvalue weighted by atomic mass is 35.5. The van der Waals surface area contributed by atoms with Crippen molar-refractivity contribution < 1.29 is 9.53 Å². The Hall–Kier alpha value is -2.01. The second kappa shape index (κ2) is 7.13. The van der Waals surface area contributed by atoms with Gasteiger partial charge in [-0.25, -0.2) is 0 Å². The van der Waals surface area contributed by atoms with E-state index in [0.717, 1.165) is 12.1 Å². The van der Waals surface area contributed by atoms with Crippen LogP contribution < -0.4 is 10.1 Å². The monoisotopic (exact) mass is 307 g/mol. The van der Waals surface area contributed by atoms with E-state index in [1.807, 2.05) is 6.92 Å². The summed E-state index contributed by atoms with van der Waals surface area (Å²) in [6, 6.07) is 7.07. The number of hydrogen-bond acceptors (Lipinski definition) is 3. The third-order valence-corrected chi connectivity index (χ3v) is 3.44. The van der Waals surface area contributed by atoms with Crippen molar-refractivity contribution in [2.24, 2.45) is 0 Å². The van der Waals surface area contributed by atoms with Gasteiger partial charge >= 0.3 is 0 Å². The van der Waals surface area contributed by atoms with Gasteiger partial charge < -0.3 is 10.1 Å². The number of hydrogen-bond donors (Lipinski definition) is 1. The number of carbonyl (C=O) groups is 1. The zero-order valence-electron chi connectivity index (χ0n) is 12.1. The summed E-state index contributed by atoms with van der Waals surface area (Å²) >= 11 is 5.94. The number of methoxy groups -OCH3 is 1. The maximum absolute atomic E-state index is 12.0. The zero-order valence-corrected chi connectivity index (χ0v) is 12.9. The van der Waals surface area contributed by atoms with Crippen molar-refractivity contribution in [2.45, 2.75) is 19.9 Å². The number of ether oxygens (including phenoxy) is 1. The van der Waals surface area contributed by atoms with Gasteiger partial charge in [0.25, 0.3) is 5.91 Å². The first kappa shape index (κ1) is 15.4. The predicted octanol–water partition coefficient (Wildman–Crippen LogP) is 2.67. The molecule has 6 heteroatoms. The molecular weight excluding hydrogens is 290 g/mol. The first-order valence-corrected chi connectivity index (χ1v) is 7.10. The van der Waals surface area contributed by atoms with Crippen LogP contribution in [0.5, 0.6) is 5.75 Å². The molecule has 0 aliphatic rings. The van der Waals surface area contributed by atoms with Gasteiger partial charge in [0.2, 0.25) is 0 Å². The minimum absolute atomic E-state index is 0.108. The van der Waals surface area contributed by atoms with Crippen LogP contribution in [-0.4, -0.2) is 29.3 Å². The van der Waals surface area contributed by atoms with E-state index < -0.39 is 0 Å². The maximum Gasteiger partial charge on any atom is 0.251 e. The Labute approximate surface area is 128 Å². The third kappa shape index (κ3) is 4.23. The Morgan fingerprint density at radius 1 is 1.48 bits per heavy atom. The molecule has 21 heavy (non-hydrogen) atoms. The molecule has 112 valence electrons. The standard InChI is InChI=1S/C15H18ClN3O2/c1-11-14(16)10-19(18-11)8-4-7-17-15(20)12-5-3-6-13(9-12)21-2/h3,5-6,9-10H,4,7-8H2,1-2H3,(H,17,20). The van der Waals surface area contributed by atoms with Crippen molar-refractivity contribution in [3.05, 3.63) is 46.7 Å². The van der Waals surface area contributed by atoms with E-state index in [1.54, 1.807) is 42.3 Å². The average molecular weight is 308 g/mol. The topological polar surface area (TPSA) is 56.1 Å². The molecular formula is C15H18ClN3O2. The number of aromatic nitrogens is 2. The number of benzene rings is 1. The third-order valence-electron chi connectivity index (χ3n) is 3.07. The van der Waals surface area contributed by atoms with Gasteiger partial charge in [-0.15, -0.1) is 0 Å². The Morgan fingerprint density at radius 3 is 2.95 bits per heavy atom. The fraction of sp³-hybridized carbons (Fsp3) is 0.333. The fourth-order valence-corrected chi connectivity index (χ4v) is 2.07. The van der Waals surface area contributed by atoms with Gasteiger partial charge in [0, 0.05) is 24.8 Å². The van der Waals surface area contributed by atoms with Crippen molar-refractivity contribution in [3.8, 4) is 5.75 Å². The molecule has 1 amide bonds. The van der Waals surface area contributed by atoms with E-state index in [-0.39, 0.29) is 5.91 Å². The van der Waals surface area contributed by atoms with Crippen LogP contribution in [0.3, 0.4) is 0 Å². The number of nitrogens with zero attached hydrogens (tertiary/aromatic N) is 2. The summed E-state index contributed by atoms with van der Waals surface area (Å²) in [5.74, 6) is 0.563. The Balaban J connectivity index is 1.78. The molecule has 5 nitrogen and oxygen atoms in total. The van der Waals surface area contributed by atoms with E-state index in [2.05, 4.69) is 10.4 Å². The summed E-state index contributed by atoms with van der Waals surface area (Å²) in [5, 5.41) is 7.80. The summed E-state index contributed by atoms with van der Waals surface area (Å²) in [6.45, 7) is 3.15. The van der Waals surface area contributed by atoms with Gasteiger partial charge in [-0.3, -0.25) is 9.48 Å². The maximum atomic E-state index is 12.0. The molecule has 1 aromatic carbocycles. The predicted molar refractivity (Wildman–Crippen MR) is 81.9 cm³/mol. The molecule has 0 saturated carbocycles. The van der Waals surface area contributed by atoms with Crippen molar-refractivity contribution in [2.75, 3.05) is 13.7 Å². The lowest BCUT2D eigenvalue weighted by molar-refractivity contribution is 0.0952. The van der Waals surface area contributed by atoms with Crippen molar-refractivity contribution in [1.29, 1.82) is 0 Å². The number of nitrogens with one attached hydrogen (secondary N) is 1. The molecule has 2 aromatic rings. The molecule has 0 fully saturated rings. The molecule has 0 atom stereocenters. The summed E-state index contributed by atoms with van der Waals surface area (Å²) in [5.41, 5.74) is 1.41. The van der Waals surface area contributed by atoms with E-state index in [4.69, 9.17) is 16.3 Å². The molecule has 1 heterocycles. The lowest BCUT2D eigenvalue weighted by Gasteiger charge is -2.07. The van der Waals surface area contributed by atoms with Crippen LogP contribution in [-0.2, 0) is 6.54 Å². The average Bonchev–Trinajstić information content (AvgIpc) is 2.82. The first-order valence-electron chi connectivity index (χ1n) is 6.72. The quantitative estimate of drug-likeness (QED) is 0.835. The van der Waals surface area contributed by atoms with Gasteiger partial charge in [0.15, 0.2) is 0 Å². The minimum Gasteiger partial charge on any atom is -0.497 e. The van der Waals surface area contributed by atoms with E-state index >= 15 is 0 Å². The zero-order chi connectivity index (χ0) is 15.2. The summed E-state index contributed by atoms with van der Waals surface area (Å²) < 4.78 is 6.88. The number of aryl methyl sites for hydroxylation is 2. The van der Waals surface area contributed by atoms with E-state index in [0.29, 0.717) is 29.4 Å². The molecule has 0 unspecified atom stereocenters. The van der Waals surface area contributed by atoms with Crippen LogP contribution in [0, 0.1) is 6.92 Å². The van der Waals surface area contributed by atoms with Crippen LogP contribution in [0.2, 0.25) is 5.02 Å². The first-order chi connectivity index (χ1) is 10.1. The molecule has 0 bridgehead atoms. The lowest BCUT2D eigenvalue weighted by atomic mass is 10.2. The highest BCUT2D eigenvalue weighted by Gasteiger charge is 2.06. The number of amides is 1. The van der Waals surface area contributed by atoms with Crippen molar-refractivity contribution >= 4 is 17.5 Å². The summed E-state index contributed by atoms with van der Waals surface area (Å²) in [6.07, 6.45) is 2.58. The molecule has 0 spiro atoms. The van der Waals surface area contributed by atoms with Gasteiger partial charge in [-0.1, -0.05) is 17.7 Å². The van der Waals surface area contributed by atoms with Crippen molar-refractivity contribution in [3.63, 3.8) is 0 Å².